The third-order valence-corrected chi connectivity index (χ3v) is 5.67. The van der Waals surface area contributed by atoms with E-state index in [1.807, 2.05) is 27.7 Å². The molecule has 5 atom stereocenters. The summed E-state index contributed by atoms with van der Waals surface area (Å²) in [7, 11) is 0. The van der Waals surface area contributed by atoms with Crippen molar-refractivity contribution < 1.29 is 24.3 Å². The van der Waals surface area contributed by atoms with Gasteiger partial charge in [0, 0.05) is 24.1 Å². The molecule has 0 aromatic carbocycles. The van der Waals surface area contributed by atoms with E-state index in [-0.39, 0.29) is 24.0 Å². The number of nitrogens with zero attached hydrogens (tertiary/aromatic N) is 1. The van der Waals surface area contributed by atoms with Gasteiger partial charge in [-0.05, 0) is 18.3 Å². The molecule has 11 nitrogen and oxygen atoms in total. The van der Waals surface area contributed by atoms with Gasteiger partial charge in [-0.3, -0.25) is 14.4 Å². The van der Waals surface area contributed by atoms with E-state index < -0.39 is 47.9 Å². The Balaban J connectivity index is 2.86. The van der Waals surface area contributed by atoms with E-state index in [9.17, 15) is 24.3 Å². The van der Waals surface area contributed by atoms with Crippen LogP contribution in [0.3, 0.4) is 0 Å². The second kappa shape index (κ2) is 13.8. The largest absolute Gasteiger partial charge is 0.480 e. The predicted molar refractivity (Wildman–Crippen MR) is 126 cm³/mol. The molecule has 0 bridgehead atoms. The molecule has 186 valence electrons. The molecule has 0 aliphatic carbocycles. The number of hydrogen-bond donors (Lipinski definition) is 7. The highest BCUT2D eigenvalue weighted by atomic mass is 32.1. The zero-order valence-corrected chi connectivity index (χ0v) is 20.4. The minimum Gasteiger partial charge on any atom is -0.480 e. The molecule has 0 aliphatic rings. The number of thiol groups is 1. The number of nitrogens with two attached hydrogens (primary N) is 1. The summed E-state index contributed by atoms with van der Waals surface area (Å²) >= 11 is 4.13. The summed E-state index contributed by atoms with van der Waals surface area (Å²) in [5.74, 6) is -2.99. The van der Waals surface area contributed by atoms with Crippen molar-refractivity contribution in [2.24, 2.45) is 17.6 Å². The molecule has 0 saturated heterocycles. The Morgan fingerprint density at radius 1 is 1.06 bits per heavy atom. The Bertz CT molecular complexity index is 788. The number of amides is 3. The van der Waals surface area contributed by atoms with Crippen LogP contribution >= 0.6 is 12.6 Å². The zero-order valence-electron chi connectivity index (χ0n) is 19.5. The molecule has 1 aromatic heterocycles. The molecule has 0 fully saturated rings. The van der Waals surface area contributed by atoms with Crippen LogP contribution in [0, 0.1) is 11.8 Å². The summed E-state index contributed by atoms with van der Waals surface area (Å²) in [5.41, 5.74) is 6.52. The van der Waals surface area contributed by atoms with E-state index in [4.69, 9.17) is 5.73 Å². The highest BCUT2D eigenvalue weighted by Crippen LogP contribution is 2.09. The molecule has 0 radical (unpaired) electrons. The number of aliphatic carboxylic acids is 1. The van der Waals surface area contributed by atoms with Crippen molar-refractivity contribution in [2.75, 3.05) is 5.75 Å². The first-order valence-electron chi connectivity index (χ1n) is 11.0. The average molecular weight is 485 g/mol. The van der Waals surface area contributed by atoms with Crippen molar-refractivity contribution in [2.45, 2.75) is 71.1 Å². The Hall–Kier alpha value is -2.60. The van der Waals surface area contributed by atoms with Crippen LogP contribution in [0.4, 0.5) is 0 Å². The third kappa shape index (κ3) is 9.42. The normalized spacial score (nSPS) is 15.7. The van der Waals surface area contributed by atoms with Crippen LogP contribution in [-0.2, 0) is 25.6 Å². The summed E-state index contributed by atoms with van der Waals surface area (Å²) in [4.78, 5) is 56.3. The van der Waals surface area contributed by atoms with E-state index in [1.54, 1.807) is 0 Å². The second-order valence-electron chi connectivity index (χ2n) is 8.53. The Morgan fingerprint density at radius 2 is 1.64 bits per heavy atom. The summed E-state index contributed by atoms with van der Waals surface area (Å²) in [6.07, 6.45) is 3.91. The minimum atomic E-state index is -1.23. The summed E-state index contributed by atoms with van der Waals surface area (Å²) in [5, 5.41) is 17.1. The lowest BCUT2D eigenvalue weighted by atomic mass is 9.97. The lowest BCUT2D eigenvalue weighted by Crippen LogP contribution is -2.58. The van der Waals surface area contributed by atoms with Crippen LogP contribution in [0.1, 0.15) is 46.2 Å². The van der Waals surface area contributed by atoms with Crippen LogP contribution < -0.4 is 21.7 Å². The molecule has 3 amide bonds. The molecule has 1 rings (SSSR count). The van der Waals surface area contributed by atoms with Crippen LogP contribution in [-0.4, -0.2) is 68.7 Å². The van der Waals surface area contributed by atoms with Gasteiger partial charge in [0.15, 0.2) is 0 Å². The fourth-order valence-corrected chi connectivity index (χ4v) is 3.30. The summed E-state index contributed by atoms with van der Waals surface area (Å²) < 4.78 is 0. The van der Waals surface area contributed by atoms with E-state index in [0.29, 0.717) is 18.5 Å². The Kier molecular flexibility index (Phi) is 11.9. The predicted octanol–water partition coefficient (Wildman–Crippen LogP) is -0.159. The van der Waals surface area contributed by atoms with Crippen LogP contribution in [0.15, 0.2) is 12.5 Å². The first kappa shape index (κ1) is 28.4. The topological polar surface area (TPSA) is 179 Å². The maximum Gasteiger partial charge on any atom is 0.326 e. The fourth-order valence-electron chi connectivity index (χ4n) is 3.04. The van der Waals surface area contributed by atoms with Gasteiger partial charge in [0.2, 0.25) is 17.7 Å². The molecule has 33 heavy (non-hydrogen) atoms. The van der Waals surface area contributed by atoms with Crippen molar-refractivity contribution in [1.29, 1.82) is 0 Å². The number of aromatic amines is 1. The molecule has 5 unspecified atom stereocenters. The Morgan fingerprint density at radius 3 is 2.12 bits per heavy atom. The van der Waals surface area contributed by atoms with Gasteiger partial charge < -0.3 is 31.8 Å². The van der Waals surface area contributed by atoms with Gasteiger partial charge >= 0.3 is 5.97 Å². The third-order valence-electron chi connectivity index (χ3n) is 5.31. The van der Waals surface area contributed by atoms with E-state index in [2.05, 4.69) is 38.5 Å². The van der Waals surface area contributed by atoms with Crippen molar-refractivity contribution >= 4 is 36.3 Å². The second-order valence-corrected chi connectivity index (χ2v) is 8.89. The van der Waals surface area contributed by atoms with Gasteiger partial charge in [0.25, 0.3) is 0 Å². The summed E-state index contributed by atoms with van der Waals surface area (Å²) in [6, 6.07) is -3.99. The molecular formula is C21H36N6O5S. The fraction of sp³-hybridized carbons (Fsp3) is 0.667. The molecule has 12 heteroatoms. The summed E-state index contributed by atoms with van der Waals surface area (Å²) in [6.45, 7) is 7.57. The number of aromatic nitrogens is 2. The number of H-pyrrole nitrogens is 1. The van der Waals surface area contributed by atoms with E-state index in [0.717, 1.165) is 0 Å². The van der Waals surface area contributed by atoms with Gasteiger partial charge in [-0.2, -0.15) is 12.6 Å². The first-order valence-corrected chi connectivity index (χ1v) is 11.6. The molecule has 0 saturated carbocycles. The SMILES string of the molecule is CCC(C)C(N)C(=O)NC(CC(C)C)C(=O)NC(CS)C(=O)NC(Cc1cnc[nH]1)C(=O)O. The number of hydrogen-bond acceptors (Lipinski definition) is 7. The van der Waals surface area contributed by atoms with Crippen molar-refractivity contribution in [3.8, 4) is 0 Å². The lowest BCUT2D eigenvalue weighted by Gasteiger charge is -2.26. The van der Waals surface area contributed by atoms with Crippen LogP contribution in [0.5, 0.6) is 0 Å². The lowest BCUT2D eigenvalue weighted by molar-refractivity contribution is -0.142. The van der Waals surface area contributed by atoms with Gasteiger partial charge in [-0.15, -0.1) is 0 Å². The number of nitrogens with one attached hydrogen (secondary N) is 4. The number of carbonyl (C=O) groups excluding carboxylic acids is 3. The zero-order chi connectivity index (χ0) is 25.1. The van der Waals surface area contributed by atoms with E-state index >= 15 is 0 Å². The smallest absolute Gasteiger partial charge is 0.326 e. The number of carboxylic acids is 1. The highest BCUT2D eigenvalue weighted by molar-refractivity contribution is 7.80. The molecule has 1 heterocycles. The number of imidazole rings is 1. The minimum absolute atomic E-state index is 0.00611. The van der Waals surface area contributed by atoms with Gasteiger partial charge in [-0.1, -0.05) is 34.1 Å². The monoisotopic (exact) mass is 484 g/mol. The van der Waals surface area contributed by atoms with Crippen molar-refractivity contribution in [1.82, 2.24) is 25.9 Å². The molecule has 7 N–H and O–H groups in total. The number of carboxylic acid groups (broad SMARTS) is 1. The van der Waals surface area contributed by atoms with Gasteiger partial charge in [0.1, 0.15) is 18.1 Å². The number of rotatable bonds is 14. The standard InChI is InChI=1S/C21H36N6O5S/c1-5-12(4)17(22)20(30)25-14(6-11(2)3)18(28)27-16(9-33)19(29)26-15(21(31)32)7-13-8-23-10-24-13/h8,10-12,14-17,33H,5-7,9,22H2,1-4H3,(H,23,24)(H,25,30)(H,26,29)(H,27,28)(H,31,32). The van der Waals surface area contributed by atoms with Crippen molar-refractivity contribution in [3.05, 3.63) is 18.2 Å². The number of carbonyl (C=O) groups is 4. The maximum absolute atomic E-state index is 12.9. The highest BCUT2D eigenvalue weighted by Gasteiger charge is 2.31. The van der Waals surface area contributed by atoms with Gasteiger partial charge in [-0.25, -0.2) is 9.78 Å². The Labute approximate surface area is 199 Å². The first-order chi connectivity index (χ1) is 15.5. The van der Waals surface area contributed by atoms with Crippen LogP contribution in [0.2, 0.25) is 0 Å². The van der Waals surface area contributed by atoms with E-state index in [1.165, 1.54) is 12.5 Å². The quantitative estimate of drug-likeness (QED) is 0.179. The molecule has 1 aromatic rings. The molecule has 0 spiro atoms. The molecular weight excluding hydrogens is 448 g/mol. The average Bonchev–Trinajstić information content (AvgIpc) is 3.27. The van der Waals surface area contributed by atoms with Crippen molar-refractivity contribution in [3.63, 3.8) is 0 Å². The molecule has 0 aliphatic heterocycles. The van der Waals surface area contributed by atoms with Gasteiger partial charge in [0.05, 0.1) is 12.4 Å². The van der Waals surface area contributed by atoms with Crippen LogP contribution in [0.25, 0.3) is 0 Å². The maximum atomic E-state index is 12.9.